The largest absolute Gasteiger partial charge is 0.456 e. The standard InChI is InChI=1S/C37H25NOSi/c38-26-27-11-9-12-28(23-27)29-13-10-18-32(24-29)40(30-14-3-1-4-15-30,31-16-5-2-6-17-31)33-21-22-35-34-19-7-8-20-36(34)39-37(35)25-33/h1-25H. The van der Waals surface area contributed by atoms with Crippen LogP contribution in [-0.2, 0) is 0 Å². The average molecular weight is 528 g/mol. The predicted molar refractivity (Wildman–Crippen MR) is 167 cm³/mol. The van der Waals surface area contributed by atoms with Gasteiger partial charge in [0, 0.05) is 10.8 Å². The molecule has 0 aliphatic carbocycles. The van der Waals surface area contributed by atoms with Crippen molar-refractivity contribution >= 4 is 50.8 Å². The fraction of sp³-hybridized carbons (Fsp3) is 0. The van der Waals surface area contributed by atoms with E-state index in [1.807, 2.05) is 30.3 Å². The molecule has 0 radical (unpaired) electrons. The fourth-order valence-electron chi connectivity index (χ4n) is 6.04. The highest BCUT2D eigenvalue weighted by Gasteiger charge is 2.41. The minimum atomic E-state index is -2.78. The van der Waals surface area contributed by atoms with E-state index in [9.17, 15) is 5.26 Å². The van der Waals surface area contributed by atoms with Gasteiger partial charge in [-0.05, 0) is 56.1 Å². The van der Waals surface area contributed by atoms with Gasteiger partial charge in [0.1, 0.15) is 11.2 Å². The molecular weight excluding hydrogens is 502 g/mol. The molecule has 0 atom stereocenters. The second kappa shape index (κ2) is 9.85. The van der Waals surface area contributed by atoms with Crippen LogP contribution in [-0.4, -0.2) is 8.07 Å². The first kappa shape index (κ1) is 23.9. The summed E-state index contributed by atoms with van der Waals surface area (Å²) in [6.07, 6.45) is 0. The van der Waals surface area contributed by atoms with Gasteiger partial charge in [0.15, 0.2) is 8.07 Å². The second-order valence-electron chi connectivity index (χ2n) is 10.1. The van der Waals surface area contributed by atoms with E-state index in [1.165, 1.54) is 20.7 Å². The van der Waals surface area contributed by atoms with Crippen molar-refractivity contribution in [2.24, 2.45) is 0 Å². The minimum Gasteiger partial charge on any atom is -0.456 e. The number of hydrogen-bond acceptors (Lipinski definition) is 2. The number of para-hydroxylation sites is 1. The van der Waals surface area contributed by atoms with Gasteiger partial charge >= 0.3 is 0 Å². The Morgan fingerprint density at radius 1 is 0.450 bits per heavy atom. The predicted octanol–water partition coefficient (Wildman–Crippen LogP) is 6.50. The smallest absolute Gasteiger partial charge is 0.179 e. The van der Waals surface area contributed by atoms with Crippen LogP contribution in [0.5, 0.6) is 0 Å². The molecule has 2 nitrogen and oxygen atoms in total. The summed E-state index contributed by atoms with van der Waals surface area (Å²) >= 11 is 0. The van der Waals surface area contributed by atoms with Gasteiger partial charge in [-0.25, -0.2) is 0 Å². The van der Waals surface area contributed by atoms with E-state index in [-0.39, 0.29) is 0 Å². The van der Waals surface area contributed by atoms with Crippen molar-refractivity contribution in [2.75, 3.05) is 0 Å². The molecule has 6 aromatic carbocycles. The van der Waals surface area contributed by atoms with Crippen LogP contribution in [0.3, 0.4) is 0 Å². The van der Waals surface area contributed by atoms with Crippen molar-refractivity contribution in [2.45, 2.75) is 0 Å². The second-order valence-corrected chi connectivity index (χ2v) is 13.9. The number of rotatable bonds is 5. The lowest BCUT2D eigenvalue weighted by atomic mass is 10.0. The molecule has 0 N–H and O–H groups in total. The first-order valence-electron chi connectivity index (χ1n) is 13.4. The Morgan fingerprint density at radius 2 is 1.02 bits per heavy atom. The normalized spacial score (nSPS) is 11.5. The minimum absolute atomic E-state index is 0.660. The zero-order chi connectivity index (χ0) is 26.9. The van der Waals surface area contributed by atoms with E-state index < -0.39 is 8.07 Å². The molecule has 0 unspecified atom stereocenters. The zero-order valence-electron chi connectivity index (χ0n) is 21.8. The summed E-state index contributed by atoms with van der Waals surface area (Å²) in [6, 6.07) is 55.9. The zero-order valence-corrected chi connectivity index (χ0v) is 22.8. The highest BCUT2D eigenvalue weighted by atomic mass is 28.3. The number of benzene rings is 6. The molecule has 0 saturated heterocycles. The Hall–Kier alpha value is -5.17. The number of nitriles is 1. The molecule has 1 heterocycles. The summed E-state index contributed by atoms with van der Waals surface area (Å²) in [6.45, 7) is 0. The van der Waals surface area contributed by atoms with Crippen molar-refractivity contribution in [3.05, 3.63) is 157 Å². The van der Waals surface area contributed by atoms with Gasteiger partial charge in [-0.15, -0.1) is 0 Å². The number of fused-ring (bicyclic) bond motifs is 3. The van der Waals surface area contributed by atoms with Crippen LogP contribution in [0.4, 0.5) is 0 Å². The number of nitrogens with zero attached hydrogens (tertiary/aromatic N) is 1. The fourth-order valence-corrected chi connectivity index (χ4v) is 10.8. The summed E-state index contributed by atoms with van der Waals surface area (Å²) in [4.78, 5) is 0. The number of hydrogen-bond donors (Lipinski definition) is 0. The van der Waals surface area contributed by atoms with E-state index in [0.29, 0.717) is 5.56 Å². The SMILES string of the molecule is N#Cc1cccc(-c2cccc([Si](c3ccccc3)(c3ccccc3)c3ccc4c(c3)oc3ccccc34)c2)c1. The summed E-state index contributed by atoms with van der Waals surface area (Å²) in [7, 11) is -2.78. The van der Waals surface area contributed by atoms with Crippen LogP contribution < -0.4 is 20.7 Å². The van der Waals surface area contributed by atoms with Gasteiger partial charge in [0.25, 0.3) is 0 Å². The molecule has 0 aliphatic rings. The van der Waals surface area contributed by atoms with Gasteiger partial charge in [0.05, 0.1) is 11.6 Å². The van der Waals surface area contributed by atoms with Gasteiger partial charge in [0.2, 0.25) is 0 Å². The summed E-state index contributed by atoms with van der Waals surface area (Å²) in [5, 5.41) is 16.9. The van der Waals surface area contributed by atoms with Gasteiger partial charge in [-0.3, -0.25) is 0 Å². The first-order chi connectivity index (χ1) is 19.8. The maximum atomic E-state index is 9.53. The van der Waals surface area contributed by atoms with E-state index in [2.05, 4.69) is 127 Å². The monoisotopic (exact) mass is 527 g/mol. The third kappa shape index (κ3) is 3.86. The van der Waals surface area contributed by atoms with Crippen LogP contribution in [0, 0.1) is 11.3 Å². The van der Waals surface area contributed by atoms with E-state index in [1.54, 1.807) is 0 Å². The maximum absolute atomic E-state index is 9.53. The molecule has 0 amide bonds. The molecule has 188 valence electrons. The maximum Gasteiger partial charge on any atom is 0.179 e. The summed E-state index contributed by atoms with van der Waals surface area (Å²) in [5.41, 5.74) is 4.61. The van der Waals surface area contributed by atoms with Crippen LogP contribution in [0.2, 0.25) is 0 Å². The van der Waals surface area contributed by atoms with Crippen molar-refractivity contribution < 1.29 is 4.42 Å². The molecule has 0 fully saturated rings. The van der Waals surface area contributed by atoms with Crippen molar-refractivity contribution in [3.63, 3.8) is 0 Å². The third-order valence-corrected chi connectivity index (χ3v) is 12.6. The molecule has 0 saturated carbocycles. The highest BCUT2D eigenvalue weighted by Crippen LogP contribution is 2.28. The quantitative estimate of drug-likeness (QED) is 0.189. The lowest BCUT2D eigenvalue weighted by Crippen LogP contribution is -2.74. The molecular formula is C37H25NOSi. The summed E-state index contributed by atoms with van der Waals surface area (Å²) in [5.74, 6) is 0. The molecule has 1 aromatic heterocycles. The highest BCUT2D eigenvalue weighted by molar-refractivity contribution is 7.20. The van der Waals surface area contributed by atoms with E-state index in [4.69, 9.17) is 4.42 Å². The topological polar surface area (TPSA) is 36.9 Å². The van der Waals surface area contributed by atoms with Crippen LogP contribution >= 0.6 is 0 Å². The Kier molecular flexibility index (Phi) is 5.89. The van der Waals surface area contributed by atoms with E-state index >= 15 is 0 Å². The molecule has 40 heavy (non-hydrogen) atoms. The van der Waals surface area contributed by atoms with Gasteiger partial charge in [-0.1, -0.05) is 127 Å². The lowest BCUT2D eigenvalue weighted by molar-refractivity contribution is 0.669. The van der Waals surface area contributed by atoms with Crippen LogP contribution in [0.25, 0.3) is 33.1 Å². The lowest BCUT2D eigenvalue weighted by Gasteiger charge is -2.34. The third-order valence-electron chi connectivity index (χ3n) is 7.85. The molecule has 0 aliphatic heterocycles. The van der Waals surface area contributed by atoms with Gasteiger partial charge < -0.3 is 4.42 Å². The van der Waals surface area contributed by atoms with Crippen molar-refractivity contribution in [1.29, 1.82) is 5.26 Å². The van der Waals surface area contributed by atoms with Crippen LogP contribution in [0.15, 0.2) is 156 Å². The van der Waals surface area contributed by atoms with Crippen molar-refractivity contribution in [1.82, 2.24) is 0 Å². The molecule has 7 rings (SSSR count). The van der Waals surface area contributed by atoms with Crippen molar-refractivity contribution in [3.8, 4) is 17.2 Å². The Morgan fingerprint density at radius 3 is 1.75 bits per heavy atom. The Balaban J connectivity index is 1.56. The first-order valence-corrected chi connectivity index (χ1v) is 15.4. The average Bonchev–Trinajstić information content (AvgIpc) is 3.41. The molecule has 3 heteroatoms. The Labute approximate surface area is 234 Å². The molecule has 7 aromatic rings. The molecule has 0 bridgehead atoms. The van der Waals surface area contributed by atoms with E-state index in [0.717, 1.165) is 33.1 Å². The summed E-state index contributed by atoms with van der Waals surface area (Å²) < 4.78 is 6.41. The van der Waals surface area contributed by atoms with Crippen LogP contribution in [0.1, 0.15) is 5.56 Å². The Bertz CT molecular complexity index is 1980. The molecule has 0 spiro atoms. The van der Waals surface area contributed by atoms with Gasteiger partial charge in [-0.2, -0.15) is 5.26 Å². The number of furan rings is 1.